The Morgan fingerprint density at radius 3 is 2.62 bits per heavy atom. The molecule has 3 aromatic rings. The third-order valence-electron chi connectivity index (χ3n) is 5.70. The fraction of sp³-hybridized carbons (Fsp3) is 0.435. The molecule has 34 heavy (non-hydrogen) atoms. The Hall–Kier alpha value is -2.92. The zero-order valence-electron chi connectivity index (χ0n) is 18.8. The molecule has 2 fully saturated rings. The lowest BCUT2D eigenvalue weighted by Gasteiger charge is -2.28. The minimum absolute atomic E-state index is 0.311. The summed E-state index contributed by atoms with van der Waals surface area (Å²) in [5.74, 6) is 1.31. The van der Waals surface area contributed by atoms with Crippen LogP contribution in [0.2, 0.25) is 5.02 Å². The highest BCUT2D eigenvalue weighted by Crippen LogP contribution is 2.21. The highest BCUT2D eigenvalue weighted by molar-refractivity contribution is 6.31. The van der Waals surface area contributed by atoms with Crippen LogP contribution in [0.25, 0.3) is 11.0 Å². The van der Waals surface area contributed by atoms with E-state index in [0.29, 0.717) is 47.6 Å². The van der Waals surface area contributed by atoms with Crippen LogP contribution in [0.15, 0.2) is 46.1 Å². The van der Waals surface area contributed by atoms with E-state index in [2.05, 4.69) is 30.3 Å². The summed E-state index contributed by atoms with van der Waals surface area (Å²) >= 11 is 6.17. The summed E-state index contributed by atoms with van der Waals surface area (Å²) in [5, 5.41) is 6.64. The Bertz CT molecular complexity index is 1180. The third-order valence-corrected chi connectivity index (χ3v) is 5.93. The van der Waals surface area contributed by atoms with Gasteiger partial charge in [-0.3, -0.25) is 10.3 Å². The second kappa shape index (κ2) is 11.0. The van der Waals surface area contributed by atoms with Gasteiger partial charge in [-0.05, 0) is 18.2 Å². The van der Waals surface area contributed by atoms with E-state index in [1.165, 1.54) is 0 Å². The number of nitrogens with zero attached hydrogens (tertiary/aromatic N) is 5. The largest absolute Gasteiger partial charge is 0.464 e. The zero-order valence-corrected chi connectivity index (χ0v) is 19.5. The number of hydrogen-bond donors (Lipinski definition) is 1. The van der Waals surface area contributed by atoms with Gasteiger partial charge in [-0.25, -0.2) is 0 Å². The highest BCUT2D eigenvalue weighted by atomic mass is 35.5. The average Bonchev–Trinajstić information content (AvgIpc) is 2.88. The van der Waals surface area contributed by atoms with Crippen molar-refractivity contribution in [2.75, 3.05) is 76.1 Å². The lowest BCUT2D eigenvalue weighted by Crippen LogP contribution is -2.39. The Labute approximate surface area is 202 Å². The van der Waals surface area contributed by atoms with E-state index in [1.807, 2.05) is 18.2 Å². The van der Waals surface area contributed by atoms with E-state index in [9.17, 15) is 0 Å². The number of morpholine rings is 2. The number of rotatable bonds is 7. The van der Waals surface area contributed by atoms with Crippen LogP contribution in [0.3, 0.4) is 0 Å². The summed E-state index contributed by atoms with van der Waals surface area (Å²) in [7, 11) is 0. The van der Waals surface area contributed by atoms with Crippen molar-refractivity contribution in [3.63, 3.8) is 0 Å². The van der Waals surface area contributed by atoms with Crippen molar-refractivity contribution in [1.29, 1.82) is 0 Å². The molecule has 1 N–H and O–H groups in total. The van der Waals surface area contributed by atoms with Crippen molar-refractivity contribution in [1.82, 2.24) is 14.9 Å². The highest BCUT2D eigenvalue weighted by Gasteiger charge is 2.16. The van der Waals surface area contributed by atoms with Crippen LogP contribution >= 0.6 is 11.6 Å². The first-order valence-corrected chi connectivity index (χ1v) is 11.7. The summed E-state index contributed by atoms with van der Waals surface area (Å²) in [4.78, 5) is 13.6. The maximum Gasteiger partial charge on any atom is 0.320 e. The fourth-order valence-corrected chi connectivity index (χ4v) is 4.03. The number of fused-ring (bicyclic) bond motifs is 1. The maximum absolute atomic E-state index is 6.17. The van der Waals surface area contributed by atoms with Gasteiger partial charge in [0.05, 0.1) is 38.0 Å². The molecule has 180 valence electrons. The van der Waals surface area contributed by atoms with Crippen molar-refractivity contribution >= 4 is 34.2 Å². The molecule has 2 saturated heterocycles. The standard InChI is InChI=1S/C23H27ClN6O4/c24-17-1-2-20-18(15-17)19(3-9-33-20)27-28-21-16-22(30-7-12-32-13-8-30)26-23(25-21)34-14-6-29-4-10-31-11-5-29/h1-3,9,15-16H,4-8,10-14H2,(H,25,26,28)/b27-19-. The van der Waals surface area contributed by atoms with E-state index < -0.39 is 0 Å². The van der Waals surface area contributed by atoms with Gasteiger partial charge in [0.2, 0.25) is 0 Å². The minimum Gasteiger partial charge on any atom is -0.464 e. The SMILES string of the molecule is Clc1ccc2occ/c(=N/Nc3cc(N4CCOCC4)nc(OCCN4CCOCC4)n3)c2c1. The first-order valence-electron chi connectivity index (χ1n) is 11.4. The van der Waals surface area contributed by atoms with Crippen molar-refractivity contribution < 1.29 is 18.6 Å². The molecule has 1 aromatic carbocycles. The molecule has 0 saturated carbocycles. The Morgan fingerprint density at radius 2 is 1.79 bits per heavy atom. The molecule has 0 atom stereocenters. The smallest absolute Gasteiger partial charge is 0.320 e. The second-order valence-electron chi connectivity index (χ2n) is 7.97. The number of anilines is 2. The summed E-state index contributed by atoms with van der Waals surface area (Å²) in [5.41, 5.74) is 3.75. The molecule has 11 heteroatoms. The molecule has 5 rings (SSSR count). The molecule has 4 heterocycles. The van der Waals surface area contributed by atoms with Crippen LogP contribution in [0, 0.1) is 0 Å². The molecule has 10 nitrogen and oxygen atoms in total. The molecule has 0 aliphatic carbocycles. The van der Waals surface area contributed by atoms with Gasteiger partial charge in [0.1, 0.15) is 18.0 Å². The Kier molecular flexibility index (Phi) is 7.40. The lowest BCUT2D eigenvalue weighted by atomic mass is 10.2. The summed E-state index contributed by atoms with van der Waals surface area (Å²) in [6.07, 6.45) is 1.59. The monoisotopic (exact) mass is 486 g/mol. The van der Waals surface area contributed by atoms with E-state index in [-0.39, 0.29) is 0 Å². The van der Waals surface area contributed by atoms with Gasteiger partial charge in [0.15, 0.2) is 5.82 Å². The predicted octanol–water partition coefficient (Wildman–Crippen LogP) is 2.35. The molecule has 0 amide bonds. The van der Waals surface area contributed by atoms with Crippen molar-refractivity contribution in [3.05, 3.63) is 47.0 Å². The number of nitrogens with one attached hydrogen (secondary N) is 1. The Morgan fingerprint density at radius 1 is 1.00 bits per heavy atom. The number of benzene rings is 1. The van der Waals surface area contributed by atoms with E-state index >= 15 is 0 Å². The first-order chi connectivity index (χ1) is 16.7. The third kappa shape index (κ3) is 5.76. The number of hydrogen-bond acceptors (Lipinski definition) is 10. The molecule has 0 bridgehead atoms. The van der Waals surface area contributed by atoms with Crippen LogP contribution in [0.1, 0.15) is 0 Å². The molecule has 0 unspecified atom stereocenters. The van der Waals surface area contributed by atoms with Gasteiger partial charge >= 0.3 is 6.01 Å². The van der Waals surface area contributed by atoms with Crippen LogP contribution < -0.4 is 20.4 Å². The van der Waals surface area contributed by atoms with Gasteiger partial charge in [-0.15, -0.1) is 0 Å². The molecular formula is C23H27ClN6O4. The van der Waals surface area contributed by atoms with E-state index in [0.717, 1.165) is 57.1 Å². The fourth-order valence-electron chi connectivity index (χ4n) is 3.86. The molecule has 2 aromatic heterocycles. The van der Waals surface area contributed by atoms with Crippen LogP contribution in [0.4, 0.5) is 11.6 Å². The maximum atomic E-state index is 6.17. The summed E-state index contributed by atoms with van der Waals surface area (Å²) in [6.45, 7) is 7.44. The van der Waals surface area contributed by atoms with Crippen molar-refractivity contribution in [3.8, 4) is 6.01 Å². The van der Waals surface area contributed by atoms with Gasteiger partial charge in [0.25, 0.3) is 0 Å². The summed E-state index contributed by atoms with van der Waals surface area (Å²) < 4.78 is 22.4. The normalized spacial score (nSPS) is 17.8. The molecule has 0 radical (unpaired) electrons. The number of ether oxygens (including phenoxy) is 3. The van der Waals surface area contributed by atoms with E-state index in [4.69, 9.17) is 30.2 Å². The van der Waals surface area contributed by atoms with Gasteiger partial charge in [-0.2, -0.15) is 15.1 Å². The van der Waals surface area contributed by atoms with Crippen LogP contribution in [-0.2, 0) is 9.47 Å². The Balaban J connectivity index is 1.37. The zero-order chi connectivity index (χ0) is 23.2. The molecule has 2 aliphatic heterocycles. The quantitative estimate of drug-likeness (QED) is 0.504. The topological polar surface area (TPSA) is 97.5 Å². The average molecular weight is 487 g/mol. The van der Waals surface area contributed by atoms with E-state index in [1.54, 1.807) is 18.4 Å². The second-order valence-corrected chi connectivity index (χ2v) is 8.40. The van der Waals surface area contributed by atoms with Crippen LogP contribution in [-0.4, -0.2) is 80.6 Å². The molecule has 2 aliphatic rings. The predicted molar refractivity (Wildman–Crippen MR) is 128 cm³/mol. The number of aromatic nitrogens is 2. The lowest BCUT2D eigenvalue weighted by molar-refractivity contribution is 0.0317. The summed E-state index contributed by atoms with van der Waals surface area (Å²) in [6, 6.07) is 9.37. The van der Waals surface area contributed by atoms with Gasteiger partial charge in [0, 0.05) is 55.3 Å². The first kappa shape index (κ1) is 22.9. The minimum atomic E-state index is 0.311. The van der Waals surface area contributed by atoms with Crippen molar-refractivity contribution in [2.45, 2.75) is 0 Å². The van der Waals surface area contributed by atoms with Gasteiger partial charge in [-0.1, -0.05) is 11.6 Å². The molecular weight excluding hydrogens is 460 g/mol. The van der Waals surface area contributed by atoms with Crippen LogP contribution in [0.5, 0.6) is 6.01 Å². The van der Waals surface area contributed by atoms with Crippen molar-refractivity contribution in [2.24, 2.45) is 5.10 Å². The molecule has 0 spiro atoms. The number of halogens is 1. The van der Waals surface area contributed by atoms with Gasteiger partial charge < -0.3 is 23.5 Å².